The third-order valence-electron chi connectivity index (χ3n) is 3.92. The average Bonchev–Trinajstić information content (AvgIpc) is 3.21. The van der Waals surface area contributed by atoms with E-state index in [0.29, 0.717) is 17.4 Å². The molecule has 0 bridgehead atoms. The lowest BCUT2D eigenvalue weighted by Crippen LogP contribution is -2.18. The van der Waals surface area contributed by atoms with Gasteiger partial charge >= 0.3 is 0 Å². The van der Waals surface area contributed by atoms with Crippen LogP contribution in [0.15, 0.2) is 47.2 Å². The smallest absolute Gasteiger partial charge is 0.275 e. The maximum absolute atomic E-state index is 12.3. The number of aromatic nitrogens is 3. The predicted molar refractivity (Wildman–Crippen MR) is 88.4 cm³/mol. The Bertz CT molecular complexity index is 905. The molecule has 0 atom stereocenters. The fraction of sp³-hybridized carbons (Fsp3) is 0.176. The topological polar surface area (TPSA) is 84.2 Å². The molecule has 4 rings (SSSR count). The van der Waals surface area contributed by atoms with E-state index in [0.717, 1.165) is 18.7 Å². The number of fused-ring (bicyclic) bond motifs is 1. The zero-order valence-electron chi connectivity index (χ0n) is 13.1. The van der Waals surface area contributed by atoms with Crippen LogP contribution in [0.3, 0.4) is 0 Å². The second kappa shape index (κ2) is 5.77. The first-order valence-corrected chi connectivity index (χ1v) is 7.63. The van der Waals surface area contributed by atoms with E-state index >= 15 is 0 Å². The molecule has 0 aliphatic carbocycles. The summed E-state index contributed by atoms with van der Waals surface area (Å²) in [7, 11) is 0. The molecule has 0 spiro atoms. The molecule has 1 amide bonds. The molecule has 120 valence electrons. The van der Waals surface area contributed by atoms with Crippen molar-refractivity contribution in [1.29, 1.82) is 0 Å². The van der Waals surface area contributed by atoms with Crippen LogP contribution in [0, 0.1) is 6.92 Å². The Kier molecular flexibility index (Phi) is 3.45. The summed E-state index contributed by atoms with van der Waals surface area (Å²) in [5.41, 5.74) is 2.68. The Hall–Kier alpha value is -3.22. The van der Waals surface area contributed by atoms with Gasteiger partial charge in [0, 0.05) is 24.4 Å². The van der Waals surface area contributed by atoms with Crippen LogP contribution in [-0.4, -0.2) is 27.6 Å². The minimum atomic E-state index is -0.348. The van der Waals surface area contributed by atoms with Gasteiger partial charge in [-0.3, -0.25) is 4.79 Å². The monoisotopic (exact) mass is 321 g/mol. The number of aryl methyl sites for hydroxylation is 1. The van der Waals surface area contributed by atoms with Crippen molar-refractivity contribution in [2.75, 3.05) is 16.8 Å². The fourth-order valence-electron chi connectivity index (χ4n) is 2.80. The average molecular weight is 321 g/mol. The zero-order chi connectivity index (χ0) is 16.5. The third-order valence-corrected chi connectivity index (χ3v) is 3.92. The molecule has 0 fully saturated rings. The first kappa shape index (κ1) is 14.4. The number of amides is 1. The molecule has 1 N–H and O–H groups in total. The largest absolute Gasteiger partial charge is 0.360 e. The molecule has 1 aliphatic heterocycles. The Morgan fingerprint density at radius 2 is 2.12 bits per heavy atom. The standard InChI is InChI=1S/C17H15N5O2/c1-11-8-15(21-24-11)20-17(23)13-9-16(19-10-18-13)22-7-6-12-4-2-3-5-14(12)22/h2-5,8-10H,6-7H2,1H3,(H,20,21,23). The number of rotatable bonds is 3. The van der Waals surface area contributed by atoms with Gasteiger partial charge in [-0.2, -0.15) is 0 Å². The summed E-state index contributed by atoms with van der Waals surface area (Å²) >= 11 is 0. The Balaban J connectivity index is 1.59. The van der Waals surface area contributed by atoms with Crippen LogP contribution in [0.25, 0.3) is 0 Å². The number of nitrogens with zero attached hydrogens (tertiary/aromatic N) is 4. The van der Waals surface area contributed by atoms with Crippen molar-refractivity contribution >= 4 is 23.2 Å². The van der Waals surface area contributed by atoms with Crippen molar-refractivity contribution in [2.45, 2.75) is 13.3 Å². The van der Waals surface area contributed by atoms with Gasteiger partial charge in [-0.05, 0) is 25.0 Å². The van der Waals surface area contributed by atoms with E-state index in [1.807, 2.05) is 12.1 Å². The second-order valence-corrected chi connectivity index (χ2v) is 5.57. The molecule has 7 heteroatoms. The van der Waals surface area contributed by atoms with Crippen molar-refractivity contribution in [3.63, 3.8) is 0 Å². The van der Waals surface area contributed by atoms with Crippen LogP contribution in [0.5, 0.6) is 0 Å². The Labute approximate surface area is 138 Å². The lowest BCUT2D eigenvalue weighted by atomic mass is 10.2. The van der Waals surface area contributed by atoms with Crippen molar-refractivity contribution < 1.29 is 9.32 Å². The van der Waals surface area contributed by atoms with Gasteiger partial charge < -0.3 is 14.7 Å². The van der Waals surface area contributed by atoms with Crippen molar-refractivity contribution in [3.05, 3.63) is 59.7 Å². The summed E-state index contributed by atoms with van der Waals surface area (Å²) in [6.45, 7) is 2.59. The molecule has 1 aliphatic rings. The van der Waals surface area contributed by atoms with E-state index in [1.165, 1.54) is 11.9 Å². The highest BCUT2D eigenvalue weighted by Gasteiger charge is 2.22. The first-order valence-electron chi connectivity index (χ1n) is 7.63. The summed E-state index contributed by atoms with van der Waals surface area (Å²) in [5, 5.41) is 6.41. The van der Waals surface area contributed by atoms with Crippen LogP contribution in [0.4, 0.5) is 17.3 Å². The van der Waals surface area contributed by atoms with Gasteiger partial charge in [-0.1, -0.05) is 23.4 Å². The number of carbonyl (C=O) groups excluding carboxylic acids is 1. The molecule has 2 aromatic heterocycles. The zero-order valence-corrected chi connectivity index (χ0v) is 13.1. The predicted octanol–water partition coefficient (Wildman–Crippen LogP) is 2.72. The van der Waals surface area contributed by atoms with Crippen LogP contribution in [-0.2, 0) is 6.42 Å². The van der Waals surface area contributed by atoms with Gasteiger partial charge in [0.1, 0.15) is 23.6 Å². The van der Waals surface area contributed by atoms with Crippen molar-refractivity contribution in [2.24, 2.45) is 0 Å². The number of nitrogens with one attached hydrogen (secondary N) is 1. The van der Waals surface area contributed by atoms with E-state index in [4.69, 9.17) is 4.52 Å². The lowest BCUT2D eigenvalue weighted by molar-refractivity contribution is 0.102. The first-order chi connectivity index (χ1) is 11.7. The molecule has 0 unspecified atom stereocenters. The summed E-state index contributed by atoms with van der Waals surface area (Å²) in [5.74, 6) is 1.35. The number of hydrogen-bond acceptors (Lipinski definition) is 6. The molecule has 3 heterocycles. The highest BCUT2D eigenvalue weighted by atomic mass is 16.5. The second-order valence-electron chi connectivity index (χ2n) is 5.57. The molecule has 24 heavy (non-hydrogen) atoms. The lowest BCUT2D eigenvalue weighted by Gasteiger charge is -2.18. The molecule has 3 aromatic rings. The summed E-state index contributed by atoms with van der Waals surface area (Å²) in [4.78, 5) is 22.8. The van der Waals surface area contributed by atoms with E-state index in [2.05, 4.69) is 37.5 Å². The van der Waals surface area contributed by atoms with Crippen molar-refractivity contribution in [1.82, 2.24) is 15.1 Å². The maximum Gasteiger partial charge on any atom is 0.275 e. The maximum atomic E-state index is 12.3. The highest BCUT2D eigenvalue weighted by Crippen LogP contribution is 2.33. The third kappa shape index (κ3) is 2.60. The number of para-hydroxylation sites is 1. The Morgan fingerprint density at radius 1 is 1.25 bits per heavy atom. The van der Waals surface area contributed by atoms with Crippen LogP contribution in [0.2, 0.25) is 0 Å². The number of carbonyl (C=O) groups is 1. The summed E-state index contributed by atoms with van der Waals surface area (Å²) in [6, 6.07) is 11.5. The number of anilines is 3. The van der Waals surface area contributed by atoms with Gasteiger partial charge in [0.25, 0.3) is 5.91 Å². The summed E-state index contributed by atoms with van der Waals surface area (Å²) < 4.78 is 4.94. The van der Waals surface area contributed by atoms with Crippen LogP contribution < -0.4 is 10.2 Å². The molecule has 7 nitrogen and oxygen atoms in total. The summed E-state index contributed by atoms with van der Waals surface area (Å²) in [6.07, 6.45) is 2.36. The van der Waals surface area contributed by atoms with Gasteiger partial charge in [-0.15, -0.1) is 0 Å². The van der Waals surface area contributed by atoms with Gasteiger partial charge in [-0.25, -0.2) is 9.97 Å². The van der Waals surface area contributed by atoms with Gasteiger partial charge in [0.2, 0.25) is 0 Å². The molecular weight excluding hydrogens is 306 g/mol. The minimum absolute atomic E-state index is 0.282. The minimum Gasteiger partial charge on any atom is -0.360 e. The normalized spacial score (nSPS) is 13.0. The quantitative estimate of drug-likeness (QED) is 0.798. The number of hydrogen-bond donors (Lipinski definition) is 1. The van der Waals surface area contributed by atoms with Crippen LogP contribution >= 0.6 is 0 Å². The number of benzene rings is 1. The van der Waals surface area contributed by atoms with Crippen molar-refractivity contribution in [3.8, 4) is 0 Å². The van der Waals surface area contributed by atoms with Crippen LogP contribution in [0.1, 0.15) is 21.8 Å². The van der Waals surface area contributed by atoms with E-state index in [-0.39, 0.29) is 11.6 Å². The fourth-order valence-corrected chi connectivity index (χ4v) is 2.80. The van der Waals surface area contributed by atoms with Gasteiger partial charge in [0.15, 0.2) is 5.82 Å². The molecule has 0 saturated heterocycles. The SMILES string of the molecule is Cc1cc(NC(=O)c2cc(N3CCc4ccccc43)ncn2)no1. The molecule has 0 radical (unpaired) electrons. The molecular formula is C17H15N5O2. The highest BCUT2D eigenvalue weighted by molar-refractivity contribution is 6.02. The van der Waals surface area contributed by atoms with E-state index in [9.17, 15) is 4.79 Å². The molecule has 1 aromatic carbocycles. The van der Waals surface area contributed by atoms with E-state index < -0.39 is 0 Å². The van der Waals surface area contributed by atoms with Gasteiger partial charge in [0.05, 0.1) is 0 Å². The Morgan fingerprint density at radius 3 is 2.96 bits per heavy atom. The van der Waals surface area contributed by atoms with E-state index in [1.54, 1.807) is 19.1 Å². The molecule has 0 saturated carbocycles.